The minimum Gasteiger partial charge on any atom is -0.456 e. The molecule has 0 saturated carbocycles. The highest BCUT2D eigenvalue weighted by Crippen LogP contribution is 2.54. The van der Waals surface area contributed by atoms with Crippen molar-refractivity contribution in [3.63, 3.8) is 0 Å². The number of hydrogen-bond donors (Lipinski definition) is 2. The predicted octanol–water partition coefficient (Wildman–Crippen LogP) is 7.39. The Labute approximate surface area is 173 Å². The van der Waals surface area contributed by atoms with E-state index in [0.29, 0.717) is 0 Å². The number of fused-ring (bicyclic) bond motifs is 10. The fourth-order valence-electron chi connectivity index (χ4n) is 5.38. The van der Waals surface area contributed by atoms with Gasteiger partial charge in [0.15, 0.2) is 0 Å². The van der Waals surface area contributed by atoms with Gasteiger partial charge in [0.25, 0.3) is 0 Å². The molecule has 0 atom stereocenters. The molecular weight excluding hydrogens is 368 g/mol. The number of H-pyrrole nitrogens is 2. The molecule has 3 heteroatoms. The molecule has 4 aromatic carbocycles. The van der Waals surface area contributed by atoms with Gasteiger partial charge < -0.3 is 14.7 Å². The Morgan fingerprint density at radius 1 is 0.633 bits per heavy atom. The van der Waals surface area contributed by atoms with Crippen LogP contribution in [0, 0.1) is 0 Å². The quantitative estimate of drug-likeness (QED) is 0.280. The Hall–Kier alpha value is -3.72. The van der Waals surface area contributed by atoms with E-state index in [0.717, 1.165) is 33.6 Å². The molecule has 3 heterocycles. The number of ether oxygens (including phenoxy) is 1. The SMILES string of the molecule is CC1(C)c2ccc3[nH]c4ccccc4c3c2Oc2ccc3[nH]c4ccccc4c3c21. The van der Waals surface area contributed by atoms with Crippen molar-refractivity contribution in [2.75, 3.05) is 0 Å². The van der Waals surface area contributed by atoms with Crippen LogP contribution in [0.25, 0.3) is 43.6 Å². The summed E-state index contributed by atoms with van der Waals surface area (Å²) in [5.41, 5.74) is 6.86. The minimum atomic E-state index is -0.194. The largest absolute Gasteiger partial charge is 0.456 e. The molecule has 0 unspecified atom stereocenters. The molecule has 2 N–H and O–H groups in total. The van der Waals surface area contributed by atoms with Crippen molar-refractivity contribution in [2.24, 2.45) is 0 Å². The van der Waals surface area contributed by atoms with Gasteiger partial charge in [-0.1, -0.05) is 56.3 Å². The fourth-order valence-corrected chi connectivity index (χ4v) is 5.38. The lowest BCUT2D eigenvalue weighted by molar-refractivity contribution is 0.426. The van der Waals surface area contributed by atoms with E-state index >= 15 is 0 Å². The van der Waals surface area contributed by atoms with Crippen LogP contribution >= 0.6 is 0 Å². The molecule has 1 aliphatic rings. The van der Waals surface area contributed by atoms with E-state index in [9.17, 15) is 0 Å². The molecule has 144 valence electrons. The van der Waals surface area contributed by atoms with Gasteiger partial charge in [0, 0.05) is 49.3 Å². The highest BCUT2D eigenvalue weighted by Gasteiger charge is 2.38. The highest BCUT2D eigenvalue weighted by molar-refractivity contribution is 6.13. The molecule has 3 nitrogen and oxygen atoms in total. The summed E-state index contributed by atoms with van der Waals surface area (Å²) in [6.07, 6.45) is 0. The Morgan fingerprint density at radius 2 is 1.23 bits per heavy atom. The zero-order valence-electron chi connectivity index (χ0n) is 16.8. The summed E-state index contributed by atoms with van der Waals surface area (Å²) in [6, 6.07) is 25.7. The molecule has 7 rings (SSSR count). The summed E-state index contributed by atoms with van der Waals surface area (Å²) < 4.78 is 6.69. The molecule has 0 aliphatic carbocycles. The molecule has 2 aromatic heterocycles. The molecule has 0 amide bonds. The number of aromatic amines is 2. The van der Waals surface area contributed by atoms with E-state index in [1.54, 1.807) is 0 Å². The van der Waals surface area contributed by atoms with E-state index < -0.39 is 0 Å². The monoisotopic (exact) mass is 388 g/mol. The van der Waals surface area contributed by atoms with Crippen LogP contribution in [0.2, 0.25) is 0 Å². The van der Waals surface area contributed by atoms with Crippen LogP contribution in [0.1, 0.15) is 25.0 Å². The van der Waals surface area contributed by atoms with Crippen LogP contribution in [-0.2, 0) is 5.41 Å². The molecule has 0 spiro atoms. The molecular formula is C27H20N2O. The second kappa shape index (κ2) is 5.25. The van der Waals surface area contributed by atoms with E-state index in [2.05, 4.69) is 96.6 Å². The van der Waals surface area contributed by atoms with Gasteiger partial charge >= 0.3 is 0 Å². The summed E-state index contributed by atoms with van der Waals surface area (Å²) in [4.78, 5) is 7.12. The van der Waals surface area contributed by atoms with Gasteiger partial charge in [0.2, 0.25) is 0 Å². The first-order valence-electron chi connectivity index (χ1n) is 10.4. The Kier molecular flexibility index (Phi) is 2.82. The normalized spacial score (nSPS) is 14.9. The number of benzene rings is 4. The van der Waals surface area contributed by atoms with Gasteiger partial charge in [-0.05, 0) is 30.3 Å². The minimum absolute atomic E-state index is 0.194. The summed E-state index contributed by atoms with van der Waals surface area (Å²) in [7, 11) is 0. The van der Waals surface area contributed by atoms with Crippen molar-refractivity contribution in [2.45, 2.75) is 19.3 Å². The molecule has 0 radical (unpaired) electrons. The number of para-hydroxylation sites is 2. The first-order valence-corrected chi connectivity index (χ1v) is 10.4. The van der Waals surface area contributed by atoms with E-state index in [1.165, 1.54) is 32.7 Å². The average molecular weight is 388 g/mol. The van der Waals surface area contributed by atoms with Crippen molar-refractivity contribution in [1.82, 2.24) is 9.97 Å². The Bertz CT molecular complexity index is 1650. The molecule has 0 saturated heterocycles. The standard InChI is InChI=1S/C27H20N2O/c1-27(2)17-11-12-21-24(16-8-4-6-10-19(16)29-21)26(17)30-22-14-13-20-23(25(22)27)15-7-3-5-9-18(15)28-20/h3-14,28-29H,1-2H3. The number of hydrogen-bond acceptors (Lipinski definition) is 1. The van der Waals surface area contributed by atoms with Crippen molar-refractivity contribution in [3.8, 4) is 11.5 Å². The van der Waals surface area contributed by atoms with Gasteiger partial charge in [0.05, 0.1) is 10.9 Å². The van der Waals surface area contributed by atoms with Gasteiger partial charge in [0.1, 0.15) is 11.5 Å². The third kappa shape index (κ3) is 1.85. The lowest BCUT2D eigenvalue weighted by atomic mass is 9.73. The van der Waals surface area contributed by atoms with Crippen LogP contribution in [0.3, 0.4) is 0 Å². The van der Waals surface area contributed by atoms with E-state index in [1.807, 2.05) is 0 Å². The van der Waals surface area contributed by atoms with Crippen LogP contribution in [0.5, 0.6) is 11.5 Å². The zero-order valence-corrected chi connectivity index (χ0v) is 16.8. The summed E-state index contributed by atoms with van der Waals surface area (Å²) in [6.45, 7) is 4.63. The average Bonchev–Trinajstić information content (AvgIpc) is 3.31. The fraction of sp³-hybridized carbons (Fsp3) is 0.111. The van der Waals surface area contributed by atoms with Crippen molar-refractivity contribution in [3.05, 3.63) is 83.9 Å². The smallest absolute Gasteiger partial charge is 0.141 e. The van der Waals surface area contributed by atoms with Crippen molar-refractivity contribution >= 4 is 43.6 Å². The number of nitrogens with one attached hydrogen (secondary N) is 2. The first kappa shape index (κ1) is 16.1. The Balaban J connectivity index is 1.62. The molecule has 0 bridgehead atoms. The zero-order chi connectivity index (χ0) is 20.0. The molecule has 1 aliphatic heterocycles. The molecule has 0 fully saturated rings. The second-order valence-electron chi connectivity index (χ2n) is 8.79. The highest BCUT2D eigenvalue weighted by atomic mass is 16.5. The van der Waals surface area contributed by atoms with Crippen LogP contribution in [-0.4, -0.2) is 9.97 Å². The van der Waals surface area contributed by atoms with E-state index in [-0.39, 0.29) is 5.41 Å². The lowest BCUT2D eigenvalue weighted by Crippen LogP contribution is -2.24. The number of aromatic nitrogens is 2. The van der Waals surface area contributed by atoms with Gasteiger partial charge in [-0.3, -0.25) is 0 Å². The summed E-state index contributed by atoms with van der Waals surface area (Å²) in [5.74, 6) is 1.92. The predicted molar refractivity (Wildman–Crippen MR) is 124 cm³/mol. The maximum Gasteiger partial charge on any atom is 0.141 e. The maximum atomic E-state index is 6.69. The first-order chi connectivity index (χ1) is 14.6. The van der Waals surface area contributed by atoms with Crippen molar-refractivity contribution < 1.29 is 4.74 Å². The lowest BCUT2D eigenvalue weighted by Gasteiger charge is -2.35. The van der Waals surface area contributed by atoms with Gasteiger partial charge in [-0.2, -0.15) is 0 Å². The third-order valence-corrected chi connectivity index (χ3v) is 6.77. The Morgan fingerprint density at radius 3 is 1.97 bits per heavy atom. The third-order valence-electron chi connectivity index (χ3n) is 6.77. The second-order valence-corrected chi connectivity index (χ2v) is 8.79. The molecule has 30 heavy (non-hydrogen) atoms. The maximum absolute atomic E-state index is 6.69. The number of rotatable bonds is 0. The van der Waals surface area contributed by atoms with Crippen LogP contribution in [0.4, 0.5) is 0 Å². The van der Waals surface area contributed by atoms with Crippen molar-refractivity contribution in [1.29, 1.82) is 0 Å². The van der Waals surface area contributed by atoms with Gasteiger partial charge in [-0.15, -0.1) is 0 Å². The van der Waals surface area contributed by atoms with Crippen LogP contribution in [0.15, 0.2) is 72.8 Å². The molecule has 6 aromatic rings. The van der Waals surface area contributed by atoms with Gasteiger partial charge in [-0.25, -0.2) is 0 Å². The summed E-state index contributed by atoms with van der Waals surface area (Å²) >= 11 is 0. The summed E-state index contributed by atoms with van der Waals surface area (Å²) in [5, 5.41) is 4.88. The van der Waals surface area contributed by atoms with Crippen LogP contribution < -0.4 is 4.74 Å². The van der Waals surface area contributed by atoms with E-state index in [4.69, 9.17) is 4.74 Å². The topological polar surface area (TPSA) is 40.8 Å².